The molecule has 0 bridgehead atoms. The Labute approximate surface area is 181 Å². The summed E-state index contributed by atoms with van der Waals surface area (Å²) in [6.07, 6.45) is 0. The van der Waals surface area contributed by atoms with E-state index >= 15 is 0 Å². The summed E-state index contributed by atoms with van der Waals surface area (Å²) >= 11 is 1.34. The van der Waals surface area contributed by atoms with E-state index in [1.54, 1.807) is 18.9 Å². The fourth-order valence-electron chi connectivity index (χ4n) is 2.95. The van der Waals surface area contributed by atoms with Gasteiger partial charge in [0.05, 0.1) is 25.3 Å². The molecule has 1 heterocycles. The molecular weight excluding hydrogens is 402 g/mol. The summed E-state index contributed by atoms with van der Waals surface area (Å²) in [5.74, 6) is -0.950. The molecule has 0 saturated heterocycles. The molecule has 0 unspecified atom stereocenters. The number of hydrogen-bond acceptors (Lipinski definition) is 6. The van der Waals surface area contributed by atoms with Gasteiger partial charge in [-0.1, -0.05) is 12.1 Å². The molecule has 2 N–H and O–H groups in total. The zero-order valence-corrected chi connectivity index (χ0v) is 19.2. The Morgan fingerprint density at radius 1 is 1.00 bits per heavy atom. The molecule has 2 aromatic rings. The summed E-state index contributed by atoms with van der Waals surface area (Å²) in [6, 6.07) is 5.73. The summed E-state index contributed by atoms with van der Waals surface area (Å²) in [6.45, 7) is 9.74. The van der Waals surface area contributed by atoms with Gasteiger partial charge in [0.1, 0.15) is 5.00 Å². The third-order valence-corrected chi connectivity index (χ3v) is 5.95. The first-order valence-electron chi connectivity index (χ1n) is 9.75. The van der Waals surface area contributed by atoms with Crippen molar-refractivity contribution < 1.29 is 19.1 Å². The summed E-state index contributed by atoms with van der Waals surface area (Å²) in [5.41, 5.74) is 4.07. The van der Waals surface area contributed by atoms with Gasteiger partial charge in [0.2, 0.25) is 11.8 Å². The van der Waals surface area contributed by atoms with Crippen LogP contribution in [0.2, 0.25) is 0 Å². The number of nitrogens with one attached hydrogen (secondary N) is 2. The lowest BCUT2D eigenvalue weighted by atomic mass is 10.1. The van der Waals surface area contributed by atoms with Gasteiger partial charge in [-0.25, -0.2) is 4.79 Å². The van der Waals surface area contributed by atoms with E-state index in [1.807, 2.05) is 45.9 Å². The number of ether oxygens (including phenoxy) is 1. The number of nitrogens with zero attached hydrogens (tertiary/aromatic N) is 1. The maximum atomic E-state index is 12.5. The lowest BCUT2D eigenvalue weighted by Gasteiger charge is -2.17. The van der Waals surface area contributed by atoms with Gasteiger partial charge in [-0.2, -0.15) is 0 Å². The predicted octanol–water partition coefficient (Wildman–Crippen LogP) is 3.67. The SMILES string of the molecule is CCOC(=O)c1c(NC(=O)CN(C)CC(=O)Nc2cccc(C)c2C)sc(C)c1C. The first-order valence-corrected chi connectivity index (χ1v) is 10.6. The van der Waals surface area contributed by atoms with Gasteiger partial charge in [-0.3, -0.25) is 14.5 Å². The third kappa shape index (κ3) is 5.90. The number of anilines is 2. The number of carbonyl (C=O) groups excluding carboxylic acids is 3. The van der Waals surface area contributed by atoms with E-state index in [0.29, 0.717) is 10.6 Å². The molecule has 0 aliphatic rings. The smallest absolute Gasteiger partial charge is 0.341 e. The van der Waals surface area contributed by atoms with E-state index < -0.39 is 5.97 Å². The number of aryl methyl sites for hydroxylation is 2. The molecule has 8 heteroatoms. The summed E-state index contributed by atoms with van der Waals surface area (Å²) in [4.78, 5) is 39.6. The highest BCUT2D eigenvalue weighted by molar-refractivity contribution is 7.16. The lowest BCUT2D eigenvalue weighted by Crippen LogP contribution is -2.36. The Morgan fingerprint density at radius 3 is 2.27 bits per heavy atom. The number of thiophene rings is 1. The Bertz CT molecular complexity index is 952. The van der Waals surface area contributed by atoms with Crippen LogP contribution in [0.4, 0.5) is 10.7 Å². The van der Waals surface area contributed by atoms with Gasteiger partial charge < -0.3 is 15.4 Å². The van der Waals surface area contributed by atoms with Crippen molar-refractivity contribution in [3.8, 4) is 0 Å². The average Bonchev–Trinajstić information content (AvgIpc) is 2.92. The van der Waals surface area contributed by atoms with E-state index in [9.17, 15) is 14.4 Å². The summed E-state index contributed by atoms with van der Waals surface area (Å²) in [7, 11) is 1.69. The van der Waals surface area contributed by atoms with Crippen LogP contribution in [0, 0.1) is 27.7 Å². The highest BCUT2D eigenvalue weighted by Gasteiger charge is 2.22. The third-order valence-electron chi connectivity index (χ3n) is 4.82. The minimum atomic E-state index is -0.448. The number of benzene rings is 1. The molecule has 0 aliphatic carbocycles. The molecule has 30 heavy (non-hydrogen) atoms. The topological polar surface area (TPSA) is 87.7 Å². The molecule has 0 aliphatic heterocycles. The summed E-state index contributed by atoms with van der Waals surface area (Å²) < 4.78 is 5.11. The van der Waals surface area contributed by atoms with Crippen LogP contribution in [0.1, 0.15) is 38.8 Å². The molecule has 0 radical (unpaired) electrons. The van der Waals surface area contributed by atoms with E-state index in [4.69, 9.17) is 4.74 Å². The minimum absolute atomic E-state index is 0.0124. The van der Waals surface area contributed by atoms with Gasteiger partial charge in [0, 0.05) is 10.6 Å². The van der Waals surface area contributed by atoms with Gasteiger partial charge in [0.15, 0.2) is 0 Å². The zero-order chi connectivity index (χ0) is 22.4. The molecule has 7 nitrogen and oxygen atoms in total. The van der Waals surface area contributed by atoms with Crippen LogP contribution in [-0.2, 0) is 14.3 Å². The second-order valence-corrected chi connectivity index (χ2v) is 8.45. The number of amides is 2. The molecular formula is C22H29N3O4S. The lowest BCUT2D eigenvalue weighted by molar-refractivity contribution is -0.119. The number of esters is 1. The number of hydrogen-bond donors (Lipinski definition) is 2. The quantitative estimate of drug-likeness (QED) is 0.623. The second kappa shape index (κ2) is 10.4. The zero-order valence-electron chi connectivity index (χ0n) is 18.3. The Kier molecular flexibility index (Phi) is 8.14. The van der Waals surface area contributed by atoms with Crippen LogP contribution in [0.5, 0.6) is 0 Å². The van der Waals surface area contributed by atoms with Crippen molar-refractivity contribution in [2.75, 3.05) is 37.4 Å². The van der Waals surface area contributed by atoms with Gasteiger partial charge in [-0.05, 0) is 64.4 Å². The normalized spacial score (nSPS) is 10.8. The van der Waals surface area contributed by atoms with Crippen LogP contribution in [0.25, 0.3) is 0 Å². The summed E-state index contributed by atoms with van der Waals surface area (Å²) in [5, 5.41) is 6.14. The van der Waals surface area contributed by atoms with Crippen molar-refractivity contribution in [1.82, 2.24) is 4.90 Å². The van der Waals surface area contributed by atoms with Crippen LogP contribution in [0.15, 0.2) is 18.2 Å². The van der Waals surface area contributed by atoms with E-state index in [2.05, 4.69) is 10.6 Å². The molecule has 1 aromatic heterocycles. The molecule has 0 atom stereocenters. The fourth-order valence-corrected chi connectivity index (χ4v) is 4.02. The molecule has 0 spiro atoms. The van der Waals surface area contributed by atoms with Crippen LogP contribution in [0.3, 0.4) is 0 Å². The maximum absolute atomic E-state index is 12.5. The number of rotatable bonds is 8. The van der Waals surface area contributed by atoms with E-state index in [1.165, 1.54) is 11.3 Å². The Morgan fingerprint density at radius 2 is 1.63 bits per heavy atom. The van der Waals surface area contributed by atoms with Crippen molar-refractivity contribution in [3.05, 3.63) is 45.3 Å². The van der Waals surface area contributed by atoms with Crippen LogP contribution in [-0.4, -0.2) is 49.4 Å². The standard InChI is InChI=1S/C22H29N3O4S/c1-7-29-22(28)20-15(4)16(5)30-21(20)24-19(27)12-25(6)11-18(26)23-17-10-8-9-13(2)14(17)3/h8-10H,7,11-12H2,1-6H3,(H,23,26)(H,24,27). The molecule has 0 saturated carbocycles. The first kappa shape index (κ1) is 23.6. The van der Waals surface area contributed by atoms with Crippen LogP contribution < -0.4 is 10.6 Å². The molecule has 162 valence electrons. The molecule has 2 amide bonds. The highest BCUT2D eigenvalue weighted by atomic mass is 32.1. The van der Waals surface area contributed by atoms with Gasteiger partial charge in [0.25, 0.3) is 0 Å². The van der Waals surface area contributed by atoms with Crippen molar-refractivity contribution in [2.45, 2.75) is 34.6 Å². The molecule has 0 fully saturated rings. The fraction of sp³-hybridized carbons (Fsp3) is 0.409. The first-order chi connectivity index (χ1) is 14.1. The maximum Gasteiger partial charge on any atom is 0.341 e. The van der Waals surface area contributed by atoms with Crippen molar-refractivity contribution >= 4 is 39.8 Å². The average molecular weight is 432 g/mol. The van der Waals surface area contributed by atoms with E-state index in [-0.39, 0.29) is 31.5 Å². The van der Waals surface area contributed by atoms with Gasteiger partial charge >= 0.3 is 5.97 Å². The number of carbonyl (C=O) groups is 3. The van der Waals surface area contributed by atoms with Crippen molar-refractivity contribution in [3.63, 3.8) is 0 Å². The second-order valence-electron chi connectivity index (χ2n) is 7.22. The highest BCUT2D eigenvalue weighted by Crippen LogP contribution is 2.33. The number of likely N-dealkylation sites (N-methyl/N-ethyl adjacent to an activating group) is 1. The van der Waals surface area contributed by atoms with E-state index in [0.717, 1.165) is 27.3 Å². The minimum Gasteiger partial charge on any atom is -0.462 e. The Balaban J connectivity index is 1.96. The van der Waals surface area contributed by atoms with Crippen molar-refractivity contribution in [2.24, 2.45) is 0 Å². The molecule has 2 rings (SSSR count). The van der Waals surface area contributed by atoms with Crippen LogP contribution >= 0.6 is 11.3 Å². The van der Waals surface area contributed by atoms with Gasteiger partial charge in [-0.15, -0.1) is 11.3 Å². The van der Waals surface area contributed by atoms with Crippen molar-refractivity contribution in [1.29, 1.82) is 0 Å². The molecule has 1 aromatic carbocycles. The predicted molar refractivity (Wildman–Crippen MR) is 120 cm³/mol. The Hall–Kier alpha value is -2.71. The monoisotopic (exact) mass is 431 g/mol. The largest absolute Gasteiger partial charge is 0.462 e.